The summed E-state index contributed by atoms with van der Waals surface area (Å²) in [6, 6.07) is 15.6. The molecule has 3 rings (SSSR count). The van der Waals surface area contributed by atoms with E-state index in [1.165, 1.54) is 5.56 Å². The Hall–Kier alpha value is -2.24. The van der Waals surface area contributed by atoms with Gasteiger partial charge in [-0.25, -0.2) is 0 Å². The predicted octanol–water partition coefficient (Wildman–Crippen LogP) is 4.68. The number of aryl methyl sites for hydroxylation is 1. The number of nitrogens with one attached hydrogen (secondary N) is 1. The molecule has 1 aliphatic heterocycles. The number of benzene rings is 2. The van der Waals surface area contributed by atoms with Crippen molar-refractivity contribution in [1.82, 2.24) is 5.32 Å². The highest BCUT2D eigenvalue weighted by molar-refractivity contribution is 8.18. The Morgan fingerprint density at radius 3 is 2.60 bits per heavy atom. The smallest absolute Gasteiger partial charge is 0.290 e. The highest BCUT2D eigenvalue weighted by Crippen LogP contribution is 2.33. The van der Waals surface area contributed by atoms with Crippen LogP contribution >= 0.6 is 23.4 Å². The van der Waals surface area contributed by atoms with Gasteiger partial charge in [0, 0.05) is 0 Å². The molecule has 2 amide bonds. The van der Waals surface area contributed by atoms with Gasteiger partial charge in [0.15, 0.2) is 0 Å². The molecule has 4 nitrogen and oxygen atoms in total. The second kappa shape index (κ2) is 8.23. The molecular formula is C19H16ClNO3S. The molecule has 0 saturated carbocycles. The molecular weight excluding hydrogens is 358 g/mol. The largest absolute Gasteiger partial charge is 0.492 e. The van der Waals surface area contributed by atoms with E-state index in [1.807, 2.05) is 24.3 Å². The minimum Gasteiger partial charge on any atom is -0.492 e. The van der Waals surface area contributed by atoms with Crippen molar-refractivity contribution < 1.29 is 14.3 Å². The van der Waals surface area contributed by atoms with Gasteiger partial charge >= 0.3 is 0 Å². The maximum Gasteiger partial charge on any atom is 0.290 e. The Bertz CT molecular complexity index is 821. The summed E-state index contributed by atoms with van der Waals surface area (Å²) >= 11 is 7.24. The average Bonchev–Trinajstić information content (AvgIpc) is 2.93. The van der Waals surface area contributed by atoms with Crippen LogP contribution in [0.2, 0.25) is 5.02 Å². The summed E-state index contributed by atoms with van der Waals surface area (Å²) in [4.78, 5) is 23.2. The number of carbonyl (C=O) groups excluding carboxylic acids is 2. The third kappa shape index (κ3) is 4.65. The number of carbonyl (C=O) groups is 2. The van der Waals surface area contributed by atoms with Crippen molar-refractivity contribution in [1.29, 1.82) is 0 Å². The van der Waals surface area contributed by atoms with Gasteiger partial charge < -0.3 is 4.74 Å². The summed E-state index contributed by atoms with van der Waals surface area (Å²) in [7, 11) is 0. The fraction of sp³-hybridized carbons (Fsp3) is 0.158. The Kier molecular flexibility index (Phi) is 5.79. The number of ether oxygens (including phenoxy) is 1. The lowest BCUT2D eigenvalue weighted by Gasteiger charge is -2.10. The van der Waals surface area contributed by atoms with Crippen LogP contribution in [0.4, 0.5) is 4.79 Å². The Labute approximate surface area is 155 Å². The molecule has 0 unspecified atom stereocenters. The van der Waals surface area contributed by atoms with Crippen LogP contribution in [0, 0.1) is 0 Å². The summed E-state index contributed by atoms with van der Waals surface area (Å²) < 4.78 is 5.78. The van der Waals surface area contributed by atoms with Gasteiger partial charge in [-0.3, -0.25) is 14.9 Å². The highest BCUT2D eigenvalue weighted by Gasteiger charge is 2.25. The second-order valence-electron chi connectivity index (χ2n) is 5.45. The number of halogens is 1. The fourth-order valence-electron chi connectivity index (χ4n) is 2.42. The van der Waals surface area contributed by atoms with E-state index >= 15 is 0 Å². The number of hydrogen-bond acceptors (Lipinski definition) is 4. The van der Waals surface area contributed by atoms with Crippen molar-refractivity contribution in [2.75, 3.05) is 6.61 Å². The third-order valence-electron chi connectivity index (χ3n) is 3.63. The number of rotatable bonds is 6. The molecule has 1 aliphatic rings. The molecule has 0 atom stereocenters. The number of amides is 2. The molecule has 1 saturated heterocycles. The number of imide groups is 1. The minimum atomic E-state index is -0.403. The normalized spacial score (nSPS) is 15.5. The van der Waals surface area contributed by atoms with Gasteiger partial charge in [-0.15, -0.1) is 0 Å². The van der Waals surface area contributed by atoms with Crippen molar-refractivity contribution >= 4 is 40.6 Å². The summed E-state index contributed by atoms with van der Waals surface area (Å²) in [5.41, 5.74) is 1.92. The highest BCUT2D eigenvalue weighted by atomic mass is 35.5. The van der Waals surface area contributed by atoms with Gasteiger partial charge in [-0.05, 0) is 47.9 Å². The molecule has 25 heavy (non-hydrogen) atoms. The second-order valence-corrected chi connectivity index (χ2v) is 6.84. The summed E-state index contributed by atoms with van der Waals surface area (Å²) in [5, 5.41) is 2.28. The molecule has 1 heterocycles. The molecule has 0 aromatic heterocycles. The van der Waals surface area contributed by atoms with E-state index in [0.29, 0.717) is 27.8 Å². The van der Waals surface area contributed by atoms with E-state index in [2.05, 4.69) is 17.4 Å². The maximum absolute atomic E-state index is 11.6. The Morgan fingerprint density at radius 2 is 1.88 bits per heavy atom. The summed E-state index contributed by atoms with van der Waals surface area (Å²) in [5.74, 6) is 0.166. The molecule has 2 aromatic carbocycles. The van der Waals surface area contributed by atoms with Gasteiger partial charge in [-0.1, -0.05) is 54.1 Å². The van der Waals surface area contributed by atoms with Crippen LogP contribution in [0.5, 0.6) is 5.75 Å². The first-order chi connectivity index (χ1) is 12.1. The van der Waals surface area contributed by atoms with E-state index in [1.54, 1.807) is 18.2 Å². The van der Waals surface area contributed by atoms with Crippen molar-refractivity contribution in [3.8, 4) is 5.75 Å². The molecule has 128 valence electrons. The van der Waals surface area contributed by atoms with E-state index < -0.39 is 5.91 Å². The minimum absolute atomic E-state index is 0.327. The zero-order chi connectivity index (χ0) is 17.6. The molecule has 0 spiro atoms. The van der Waals surface area contributed by atoms with Crippen LogP contribution in [0.25, 0.3) is 6.08 Å². The average molecular weight is 374 g/mol. The van der Waals surface area contributed by atoms with Gasteiger partial charge in [0.2, 0.25) is 0 Å². The van der Waals surface area contributed by atoms with E-state index in [4.69, 9.17) is 16.3 Å². The van der Waals surface area contributed by atoms with Crippen molar-refractivity contribution in [2.45, 2.75) is 12.8 Å². The van der Waals surface area contributed by atoms with Gasteiger partial charge in [-0.2, -0.15) is 0 Å². The predicted molar refractivity (Wildman–Crippen MR) is 101 cm³/mol. The molecule has 1 N–H and O–H groups in total. The SMILES string of the molecule is O=C1NC(=O)/C(=C/c2cccc(OCCCc3ccccc3)c2Cl)S1. The van der Waals surface area contributed by atoms with E-state index in [9.17, 15) is 9.59 Å². The lowest BCUT2D eigenvalue weighted by atomic mass is 10.1. The molecule has 0 radical (unpaired) electrons. The summed E-state index contributed by atoms with van der Waals surface area (Å²) in [6.45, 7) is 0.544. The van der Waals surface area contributed by atoms with Crippen LogP contribution in [0.1, 0.15) is 17.5 Å². The van der Waals surface area contributed by atoms with Gasteiger partial charge in [0.05, 0.1) is 16.5 Å². The van der Waals surface area contributed by atoms with Crippen molar-refractivity contribution in [3.63, 3.8) is 0 Å². The molecule has 0 bridgehead atoms. The Morgan fingerprint density at radius 1 is 1.08 bits per heavy atom. The van der Waals surface area contributed by atoms with Crippen LogP contribution < -0.4 is 10.1 Å². The zero-order valence-corrected chi connectivity index (χ0v) is 14.9. The molecule has 1 fully saturated rings. The summed E-state index contributed by atoms with van der Waals surface area (Å²) in [6.07, 6.45) is 3.41. The van der Waals surface area contributed by atoms with Gasteiger partial charge in [0.1, 0.15) is 5.75 Å². The lowest BCUT2D eigenvalue weighted by molar-refractivity contribution is -0.115. The Balaban J connectivity index is 1.62. The molecule has 6 heteroatoms. The van der Waals surface area contributed by atoms with Crippen LogP contribution in [-0.4, -0.2) is 17.8 Å². The number of thioether (sulfide) groups is 1. The standard InChI is InChI=1S/C19H16ClNO3S/c20-17-14(12-16-18(22)21-19(23)25-16)9-4-10-15(17)24-11-5-8-13-6-2-1-3-7-13/h1-4,6-7,9-10,12H,5,8,11H2,(H,21,22,23)/b16-12-. The van der Waals surface area contributed by atoms with Crippen LogP contribution in [0.15, 0.2) is 53.4 Å². The molecule has 2 aromatic rings. The van der Waals surface area contributed by atoms with E-state index in [-0.39, 0.29) is 5.24 Å². The number of hydrogen-bond donors (Lipinski definition) is 1. The topological polar surface area (TPSA) is 55.4 Å². The van der Waals surface area contributed by atoms with Crippen molar-refractivity contribution in [2.24, 2.45) is 0 Å². The quantitative estimate of drug-likeness (QED) is 0.590. The zero-order valence-electron chi connectivity index (χ0n) is 13.3. The van der Waals surface area contributed by atoms with E-state index in [0.717, 1.165) is 24.6 Å². The van der Waals surface area contributed by atoms with Gasteiger partial charge in [0.25, 0.3) is 11.1 Å². The fourth-order valence-corrected chi connectivity index (χ4v) is 3.32. The van der Waals surface area contributed by atoms with Crippen LogP contribution in [0.3, 0.4) is 0 Å². The third-order valence-corrected chi connectivity index (χ3v) is 4.85. The monoisotopic (exact) mass is 373 g/mol. The van der Waals surface area contributed by atoms with Crippen molar-refractivity contribution in [3.05, 3.63) is 69.6 Å². The first-order valence-corrected chi connectivity index (χ1v) is 9.03. The first kappa shape index (κ1) is 17.6. The maximum atomic E-state index is 11.6. The molecule has 0 aliphatic carbocycles. The van der Waals surface area contributed by atoms with Crippen LogP contribution in [-0.2, 0) is 11.2 Å². The first-order valence-electron chi connectivity index (χ1n) is 7.83. The lowest BCUT2D eigenvalue weighted by Crippen LogP contribution is -2.17.